The van der Waals surface area contributed by atoms with Crippen molar-refractivity contribution in [1.82, 2.24) is 9.88 Å². The molecule has 7 heteroatoms. The van der Waals surface area contributed by atoms with Gasteiger partial charge in [0.15, 0.2) is 5.11 Å². The van der Waals surface area contributed by atoms with Crippen molar-refractivity contribution in [2.45, 2.75) is 40.5 Å². The normalized spacial score (nSPS) is 15.2. The fourth-order valence-corrected chi connectivity index (χ4v) is 4.53. The van der Waals surface area contributed by atoms with Crippen molar-refractivity contribution in [3.8, 4) is 11.4 Å². The highest BCUT2D eigenvalue weighted by Gasteiger charge is 2.34. The largest absolute Gasteiger partial charge is 0.494 e. The van der Waals surface area contributed by atoms with Gasteiger partial charge in [-0.2, -0.15) is 0 Å². The van der Waals surface area contributed by atoms with E-state index in [1.807, 2.05) is 75.4 Å². The van der Waals surface area contributed by atoms with Crippen LogP contribution >= 0.6 is 12.2 Å². The number of anilines is 1. The zero-order chi connectivity index (χ0) is 25.3. The van der Waals surface area contributed by atoms with Crippen LogP contribution in [-0.2, 0) is 9.59 Å². The second-order valence-electron chi connectivity index (χ2n) is 8.79. The third-order valence-electron chi connectivity index (χ3n) is 6.10. The molecular formula is C28H29N3O3S. The average Bonchev–Trinajstić information content (AvgIpc) is 3.10. The predicted molar refractivity (Wildman–Crippen MR) is 143 cm³/mol. The molecule has 0 unspecified atom stereocenters. The Labute approximate surface area is 211 Å². The summed E-state index contributed by atoms with van der Waals surface area (Å²) in [5.74, 6) is 0.236. The Morgan fingerprint density at radius 3 is 2.23 bits per heavy atom. The Kier molecular flexibility index (Phi) is 6.89. The number of aryl methyl sites for hydroxylation is 1. The summed E-state index contributed by atoms with van der Waals surface area (Å²) >= 11 is 5.34. The van der Waals surface area contributed by atoms with Gasteiger partial charge in [0.1, 0.15) is 11.3 Å². The summed E-state index contributed by atoms with van der Waals surface area (Å²) in [5, 5.41) is 2.74. The maximum absolute atomic E-state index is 13.4. The van der Waals surface area contributed by atoms with Gasteiger partial charge < -0.3 is 9.30 Å². The van der Waals surface area contributed by atoms with Gasteiger partial charge in [-0.05, 0) is 98.6 Å². The lowest BCUT2D eigenvalue weighted by Crippen LogP contribution is -2.54. The molecule has 2 aromatic carbocycles. The topological polar surface area (TPSA) is 63.6 Å². The monoisotopic (exact) mass is 487 g/mol. The second-order valence-corrected chi connectivity index (χ2v) is 9.18. The summed E-state index contributed by atoms with van der Waals surface area (Å²) < 4.78 is 7.63. The summed E-state index contributed by atoms with van der Waals surface area (Å²) in [6.45, 7) is 10.7. The van der Waals surface area contributed by atoms with Gasteiger partial charge in [-0.15, -0.1) is 0 Å². The number of hydrogen-bond donors (Lipinski definition) is 1. The van der Waals surface area contributed by atoms with Gasteiger partial charge in [-0.1, -0.05) is 26.0 Å². The maximum atomic E-state index is 13.4. The number of thiocarbonyl (C=S) groups is 1. The molecule has 2 heterocycles. The smallest absolute Gasteiger partial charge is 0.270 e. The summed E-state index contributed by atoms with van der Waals surface area (Å²) in [7, 11) is 0. The third kappa shape index (κ3) is 4.77. The maximum Gasteiger partial charge on any atom is 0.270 e. The van der Waals surface area contributed by atoms with Crippen molar-refractivity contribution in [1.29, 1.82) is 0 Å². The van der Waals surface area contributed by atoms with E-state index < -0.39 is 11.8 Å². The van der Waals surface area contributed by atoms with Crippen molar-refractivity contribution < 1.29 is 14.3 Å². The first-order valence-electron chi connectivity index (χ1n) is 11.6. The SMILES string of the molecule is CCOc1ccc(-n2c(C)cc(/C=C3\C(=O)NC(=S)N(c4ccc(C(C)C)cc4)C3=O)c2C)cc1. The Morgan fingerprint density at radius 1 is 1.00 bits per heavy atom. The molecule has 0 radical (unpaired) electrons. The molecular weight excluding hydrogens is 458 g/mol. The van der Waals surface area contributed by atoms with Crippen LogP contribution < -0.4 is 15.0 Å². The molecule has 1 N–H and O–H groups in total. The van der Waals surface area contributed by atoms with Crippen molar-refractivity contribution >= 4 is 40.9 Å². The molecule has 4 rings (SSSR count). The molecule has 0 atom stereocenters. The number of nitrogens with zero attached hydrogens (tertiary/aromatic N) is 2. The van der Waals surface area contributed by atoms with Crippen LogP contribution in [0.5, 0.6) is 5.75 Å². The van der Waals surface area contributed by atoms with Gasteiger partial charge in [0, 0.05) is 17.1 Å². The molecule has 1 aromatic heterocycles. The lowest BCUT2D eigenvalue weighted by Gasteiger charge is -2.29. The van der Waals surface area contributed by atoms with Crippen molar-refractivity contribution in [2.24, 2.45) is 0 Å². The van der Waals surface area contributed by atoms with E-state index in [4.69, 9.17) is 17.0 Å². The van der Waals surface area contributed by atoms with Gasteiger partial charge in [0.25, 0.3) is 11.8 Å². The van der Waals surface area contributed by atoms with Gasteiger partial charge in [-0.3, -0.25) is 19.8 Å². The van der Waals surface area contributed by atoms with E-state index in [1.54, 1.807) is 6.08 Å². The van der Waals surface area contributed by atoms with Crippen LogP contribution in [0.2, 0.25) is 0 Å². The number of nitrogens with one attached hydrogen (secondary N) is 1. The highest BCUT2D eigenvalue weighted by molar-refractivity contribution is 7.80. The van der Waals surface area contributed by atoms with E-state index in [0.29, 0.717) is 18.2 Å². The van der Waals surface area contributed by atoms with Crippen LogP contribution in [0.15, 0.2) is 60.2 Å². The minimum absolute atomic E-state index is 0.0403. The Bertz CT molecular complexity index is 1320. The minimum atomic E-state index is -0.499. The molecule has 0 saturated carbocycles. The standard InChI is InChI=1S/C28H29N3O3S/c1-6-34-24-13-11-22(12-14-24)30-18(4)15-21(19(30)5)16-25-26(32)29-28(35)31(27(25)33)23-9-7-20(8-10-23)17(2)3/h7-17H,6H2,1-5H3,(H,29,32,35)/b25-16+. The van der Waals surface area contributed by atoms with E-state index in [-0.39, 0.29) is 10.7 Å². The number of benzene rings is 2. The number of carbonyl (C=O) groups excluding carboxylic acids is 2. The lowest BCUT2D eigenvalue weighted by atomic mass is 10.0. The second kappa shape index (κ2) is 9.88. The number of aromatic nitrogens is 1. The Hall–Kier alpha value is -3.71. The number of carbonyl (C=O) groups is 2. The molecule has 180 valence electrons. The van der Waals surface area contributed by atoms with Gasteiger partial charge in [-0.25, -0.2) is 0 Å². The first-order chi connectivity index (χ1) is 16.7. The van der Waals surface area contributed by atoms with E-state index in [9.17, 15) is 9.59 Å². The molecule has 0 spiro atoms. The summed E-state index contributed by atoms with van der Waals surface area (Å²) in [6.07, 6.45) is 1.64. The number of rotatable bonds is 6. The van der Waals surface area contributed by atoms with Crippen LogP contribution in [-0.4, -0.2) is 28.1 Å². The first kappa shape index (κ1) is 24.4. The van der Waals surface area contributed by atoms with Crippen LogP contribution in [0, 0.1) is 13.8 Å². The highest BCUT2D eigenvalue weighted by Crippen LogP contribution is 2.27. The Morgan fingerprint density at radius 2 is 1.63 bits per heavy atom. The fourth-order valence-electron chi connectivity index (χ4n) is 4.24. The fraction of sp³-hybridized carbons (Fsp3) is 0.250. The van der Waals surface area contributed by atoms with Gasteiger partial charge in [0.05, 0.1) is 12.3 Å². The number of amides is 2. The van der Waals surface area contributed by atoms with Crippen molar-refractivity contribution in [3.63, 3.8) is 0 Å². The van der Waals surface area contributed by atoms with Crippen LogP contribution in [0.1, 0.15) is 49.2 Å². The van der Waals surface area contributed by atoms with Gasteiger partial charge in [0.2, 0.25) is 0 Å². The molecule has 1 fully saturated rings. The van der Waals surface area contributed by atoms with Gasteiger partial charge >= 0.3 is 0 Å². The third-order valence-corrected chi connectivity index (χ3v) is 6.38. The molecule has 1 saturated heterocycles. The van der Waals surface area contributed by atoms with E-state index in [1.165, 1.54) is 4.90 Å². The molecule has 0 bridgehead atoms. The zero-order valence-electron chi connectivity index (χ0n) is 20.6. The summed E-state index contributed by atoms with van der Waals surface area (Å²) in [5.41, 5.74) is 5.48. The van der Waals surface area contributed by atoms with E-state index in [0.717, 1.165) is 34.0 Å². The highest BCUT2D eigenvalue weighted by atomic mass is 32.1. The van der Waals surface area contributed by atoms with Crippen molar-refractivity contribution in [2.75, 3.05) is 11.5 Å². The quantitative estimate of drug-likeness (QED) is 0.285. The Balaban J connectivity index is 1.69. The molecule has 35 heavy (non-hydrogen) atoms. The summed E-state index contributed by atoms with van der Waals surface area (Å²) in [4.78, 5) is 27.6. The predicted octanol–water partition coefficient (Wildman–Crippen LogP) is 5.45. The van der Waals surface area contributed by atoms with Crippen LogP contribution in [0.25, 0.3) is 11.8 Å². The average molecular weight is 488 g/mol. The van der Waals surface area contributed by atoms with E-state index >= 15 is 0 Å². The van der Waals surface area contributed by atoms with Crippen LogP contribution in [0.3, 0.4) is 0 Å². The molecule has 2 amide bonds. The molecule has 1 aliphatic heterocycles. The first-order valence-corrected chi connectivity index (χ1v) is 12.1. The van der Waals surface area contributed by atoms with E-state index in [2.05, 4.69) is 23.7 Å². The minimum Gasteiger partial charge on any atom is -0.494 e. The number of hydrogen-bond acceptors (Lipinski definition) is 4. The molecule has 0 aliphatic carbocycles. The lowest BCUT2D eigenvalue weighted by molar-refractivity contribution is -0.122. The zero-order valence-corrected chi connectivity index (χ0v) is 21.4. The molecule has 3 aromatic rings. The van der Waals surface area contributed by atoms with Crippen LogP contribution in [0.4, 0.5) is 5.69 Å². The summed E-state index contributed by atoms with van der Waals surface area (Å²) in [6, 6.07) is 17.4. The molecule has 1 aliphatic rings. The molecule has 6 nitrogen and oxygen atoms in total. The van der Waals surface area contributed by atoms with Crippen molar-refractivity contribution in [3.05, 3.63) is 82.7 Å². The number of ether oxygens (including phenoxy) is 1.